The van der Waals surface area contributed by atoms with E-state index in [9.17, 15) is 19.1 Å². The van der Waals surface area contributed by atoms with Gasteiger partial charge in [0, 0.05) is 34.9 Å². The van der Waals surface area contributed by atoms with Crippen molar-refractivity contribution in [2.45, 2.75) is 39.5 Å². The fourth-order valence-corrected chi connectivity index (χ4v) is 4.70. The number of para-hydroxylation sites is 1. The Balaban J connectivity index is 1.85. The predicted molar refractivity (Wildman–Crippen MR) is 123 cm³/mol. The van der Waals surface area contributed by atoms with Gasteiger partial charge in [-0.2, -0.15) is 0 Å². The van der Waals surface area contributed by atoms with E-state index >= 15 is 0 Å². The quantitative estimate of drug-likeness (QED) is 0.624. The molecular formula is C26H27FN2O4. The highest BCUT2D eigenvalue weighted by Crippen LogP contribution is 2.47. The molecule has 33 heavy (non-hydrogen) atoms. The number of nitrogens with one attached hydrogen (secondary N) is 2. The second kappa shape index (κ2) is 8.39. The smallest absolute Gasteiger partial charge is 0.254 e. The third-order valence-corrected chi connectivity index (χ3v) is 6.14. The molecule has 1 amide bonds. The Morgan fingerprint density at radius 2 is 1.94 bits per heavy atom. The number of dihydropyridines is 1. The maximum atomic E-state index is 14.2. The number of ether oxygens (including phenoxy) is 1. The number of anilines is 1. The SMILES string of the molecule is COc1cc(C2C(C(=O)Nc3ccccc3F)=C(C)NC3=C2C(=O)CC(C)(C)C3)ccc1O. The minimum absolute atomic E-state index is 0.0430. The van der Waals surface area contributed by atoms with Crippen LogP contribution in [0.1, 0.15) is 45.1 Å². The molecule has 1 unspecified atom stereocenters. The average Bonchev–Trinajstić information content (AvgIpc) is 2.73. The Morgan fingerprint density at radius 3 is 2.64 bits per heavy atom. The van der Waals surface area contributed by atoms with E-state index in [4.69, 9.17) is 4.74 Å². The number of rotatable bonds is 4. The van der Waals surface area contributed by atoms with Gasteiger partial charge < -0.3 is 20.5 Å². The predicted octanol–water partition coefficient (Wildman–Crippen LogP) is 4.78. The van der Waals surface area contributed by atoms with E-state index in [0.29, 0.717) is 35.2 Å². The Bertz CT molecular complexity index is 1210. The van der Waals surface area contributed by atoms with Crippen LogP contribution in [0.4, 0.5) is 10.1 Å². The van der Waals surface area contributed by atoms with Crippen molar-refractivity contribution in [3.8, 4) is 11.5 Å². The molecule has 1 heterocycles. The number of methoxy groups -OCH3 is 1. The number of carbonyl (C=O) groups is 2. The largest absolute Gasteiger partial charge is 0.504 e. The van der Waals surface area contributed by atoms with E-state index in [1.165, 1.54) is 25.3 Å². The van der Waals surface area contributed by atoms with Crippen molar-refractivity contribution >= 4 is 17.4 Å². The molecule has 2 aliphatic rings. The van der Waals surface area contributed by atoms with Gasteiger partial charge in [0.2, 0.25) is 0 Å². The molecule has 7 heteroatoms. The first kappa shape index (κ1) is 22.6. The number of phenolic OH excluding ortho intramolecular Hbond substituents is 1. The first-order valence-electron chi connectivity index (χ1n) is 10.8. The van der Waals surface area contributed by atoms with Gasteiger partial charge in [0.1, 0.15) is 5.82 Å². The molecule has 0 aromatic heterocycles. The summed E-state index contributed by atoms with van der Waals surface area (Å²) in [5.74, 6) is -1.60. The molecule has 0 fully saturated rings. The third kappa shape index (κ3) is 4.23. The molecule has 3 N–H and O–H groups in total. The first-order chi connectivity index (χ1) is 15.6. The van der Waals surface area contributed by atoms with Crippen LogP contribution >= 0.6 is 0 Å². The molecule has 4 rings (SSSR count). The zero-order valence-electron chi connectivity index (χ0n) is 19.1. The third-order valence-electron chi connectivity index (χ3n) is 6.14. The first-order valence-corrected chi connectivity index (χ1v) is 10.8. The number of phenols is 1. The lowest BCUT2D eigenvalue weighted by Gasteiger charge is -2.39. The molecular weight excluding hydrogens is 423 g/mol. The summed E-state index contributed by atoms with van der Waals surface area (Å²) in [6, 6.07) is 10.7. The van der Waals surface area contributed by atoms with Crippen LogP contribution in [0, 0.1) is 11.2 Å². The van der Waals surface area contributed by atoms with Crippen LogP contribution in [0.3, 0.4) is 0 Å². The van der Waals surface area contributed by atoms with Gasteiger partial charge in [0.15, 0.2) is 17.3 Å². The van der Waals surface area contributed by atoms with Crippen LogP contribution in [0.25, 0.3) is 0 Å². The summed E-state index contributed by atoms with van der Waals surface area (Å²) in [7, 11) is 1.44. The summed E-state index contributed by atoms with van der Waals surface area (Å²) in [5, 5.41) is 16.0. The highest BCUT2D eigenvalue weighted by molar-refractivity contribution is 6.10. The zero-order valence-corrected chi connectivity index (χ0v) is 19.1. The standard InChI is InChI=1S/C26H27FN2O4/c1-14-22(25(32)29-17-8-6-5-7-16(17)27)23(15-9-10-19(30)21(11-15)33-4)24-18(28-14)12-26(2,3)13-20(24)31/h5-11,23,28,30H,12-13H2,1-4H3,(H,29,32). The van der Waals surface area contributed by atoms with E-state index in [1.54, 1.807) is 31.2 Å². The Morgan fingerprint density at radius 1 is 1.21 bits per heavy atom. The lowest BCUT2D eigenvalue weighted by Crippen LogP contribution is -2.39. The second-order valence-electron chi connectivity index (χ2n) is 9.30. The van der Waals surface area contributed by atoms with E-state index in [1.807, 2.05) is 13.8 Å². The highest BCUT2D eigenvalue weighted by Gasteiger charge is 2.43. The number of carbonyl (C=O) groups excluding carboxylic acids is 2. The summed E-state index contributed by atoms with van der Waals surface area (Å²) < 4.78 is 19.5. The van der Waals surface area contributed by atoms with Crippen LogP contribution in [-0.2, 0) is 9.59 Å². The zero-order chi connectivity index (χ0) is 23.9. The maximum absolute atomic E-state index is 14.2. The van der Waals surface area contributed by atoms with E-state index in [0.717, 1.165) is 5.70 Å². The molecule has 1 aliphatic heterocycles. The van der Waals surface area contributed by atoms with Crippen molar-refractivity contribution in [3.05, 3.63) is 76.4 Å². The fraction of sp³-hybridized carbons (Fsp3) is 0.308. The van der Waals surface area contributed by atoms with Gasteiger partial charge in [-0.15, -0.1) is 0 Å². The van der Waals surface area contributed by atoms with Gasteiger partial charge in [-0.3, -0.25) is 9.59 Å². The number of hydrogen-bond donors (Lipinski definition) is 3. The van der Waals surface area contributed by atoms with Crippen LogP contribution in [0.2, 0.25) is 0 Å². The van der Waals surface area contributed by atoms with Crippen LogP contribution in [-0.4, -0.2) is 23.9 Å². The fourth-order valence-electron chi connectivity index (χ4n) is 4.70. The molecule has 1 atom stereocenters. The number of aromatic hydroxyl groups is 1. The van der Waals surface area contributed by atoms with Crippen LogP contribution < -0.4 is 15.4 Å². The topological polar surface area (TPSA) is 87.7 Å². The molecule has 1 aliphatic carbocycles. The molecule has 0 spiro atoms. The number of benzene rings is 2. The summed E-state index contributed by atoms with van der Waals surface area (Å²) in [4.78, 5) is 26.8. The Hall–Kier alpha value is -3.61. The van der Waals surface area contributed by atoms with E-state index in [2.05, 4.69) is 10.6 Å². The number of ketones is 1. The Kier molecular flexibility index (Phi) is 5.74. The molecule has 6 nitrogen and oxygen atoms in total. The van der Waals surface area contributed by atoms with Crippen LogP contribution in [0.15, 0.2) is 65.0 Å². The van der Waals surface area contributed by atoms with Gasteiger partial charge in [-0.25, -0.2) is 4.39 Å². The lowest BCUT2D eigenvalue weighted by atomic mass is 9.68. The Labute approximate surface area is 192 Å². The summed E-state index contributed by atoms with van der Waals surface area (Å²) in [6.07, 6.45) is 1.000. The summed E-state index contributed by atoms with van der Waals surface area (Å²) in [6.45, 7) is 5.85. The molecule has 0 radical (unpaired) electrons. The van der Waals surface area contributed by atoms with E-state index in [-0.39, 0.29) is 28.4 Å². The number of halogens is 1. The number of amides is 1. The number of allylic oxidation sites excluding steroid dienone is 3. The second-order valence-corrected chi connectivity index (χ2v) is 9.30. The highest BCUT2D eigenvalue weighted by atomic mass is 19.1. The molecule has 0 saturated carbocycles. The van der Waals surface area contributed by atoms with Crippen molar-refractivity contribution in [2.75, 3.05) is 12.4 Å². The minimum Gasteiger partial charge on any atom is -0.504 e. The molecule has 172 valence electrons. The number of Topliss-reactive ketones (excluding diaryl/α,β-unsaturated/α-hetero) is 1. The molecule has 2 aromatic rings. The van der Waals surface area contributed by atoms with Gasteiger partial charge in [0.05, 0.1) is 12.8 Å². The molecule has 0 bridgehead atoms. The monoisotopic (exact) mass is 450 g/mol. The van der Waals surface area contributed by atoms with Crippen molar-refractivity contribution in [1.29, 1.82) is 0 Å². The van der Waals surface area contributed by atoms with Crippen molar-refractivity contribution in [3.63, 3.8) is 0 Å². The summed E-state index contributed by atoms with van der Waals surface area (Å²) in [5.41, 5.74) is 2.68. The van der Waals surface area contributed by atoms with Gasteiger partial charge >= 0.3 is 0 Å². The molecule has 2 aromatic carbocycles. The normalized spacial score (nSPS) is 19.7. The number of hydrogen-bond acceptors (Lipinski definition) is 5. The maximum Gasteiger partial charge on any atom is 0.254 e. The van der Waals surface area contributed by atoms with Gasteiger partial charge in [-0.1, -0.05) is 32.0 Å². The van der Waals surface area contributed by atoms with Gasteiger partial charge in [0.25, 0.3) is 5.91 Å². The summed E-state index contributed by atoms with van der Waals surface area (Å²) >= 11 is 0. The van der Waals surface area contributed by atoms with Gasteiger partial charge in [-0.05, 0) is 48.6 Å². The average molecular weight is 451 g/mol. The minimum atomic E-state index is -0.689. The molecule has 0 saturated heterocycles. The van der Waals surface area contributed by atoms with E-state index < -0.39 is 17.6 Å². The van der Waals surface area contributed by atoms with Crippen molar-refractivity contribution in [2.24, 2.45) is 5.41 Å². The lowest BCUT2D eigenvalue weighted by molar-refractivity contribution is -0.118. The van der Waals surface area contributed by atoms with Crippen molar-refractivity contribution in [1.82, 2.24) is 5.32 Å². The van der Waals surface area contributed by atoms with Crippen LogP contribution in [0.5, 0.6) is 11.5 Å². The van der Waals surface area contributed by atoms with Crippen molar-refractivity contribution < 1.29 is 23.8 Å².